The maximum Gasteiger partial charge on any atom is 0.320 e. The Balaban J connectivity index is 1.52. The van der Waals surface area contributed by atoms with E-state index >= 15 is 4.39 Å². The van der Waals surface area contributed by atoms with Crippen molar-refractivity contribution in [2.24, 2.45) is 5.10 Å². The van der Waals surface area contributed by atoms with Crippen LogP contribution >= 0.6 is 0 Å². The molecule has 0 spiro atoms. The van der Waals surface area contributed by atoms with Gasteiger partial charge in [-0.05, 0) is 24.6 Å². The maximum atomic E-state index is 15.2. The van der Waals surface area contributed by atoms with Gasteiger partial charge in [0.05, 0.1) is 26.0 Å². The van der Waals surface area contributed by atoms with Gasteiger partial charge in [-0.3, -0.25) is 10.4 Å². The van der Waals surface area contributed by atoms with E-state index in [4.69, 9.17) is 9.47 Å². The van der Waals surface area contributed by atoms with Gasteiger partial charge in [-0.15, -0.1) is 0 Å². The Bertz CT molecular complexity index is 1060. The number of anilines is 2. The van der Waals surface area contributed by atoms with E-state index in [2.05, 4.69) is 25.5 Å². The van der Waals surface area contributed by atoms with Crippen LogP contribution in [0.5, 0.6) is 6.01 Å². The molecule has 0 unspecified atom stereocenters. The Labute approximate surface area is 186 Å². The third-order valence-electron chi connectivity index (χ3n) is 4.87. The van der Waals surface area contributed by atoms with Crippen LogP contribution in [0.2, 0.25) is 0 Å². The van der Waals surface area contributed by atoms with Crippen LogP contribution in [-0.2, 0) is 11.2 Å². The highest BCUT2D eigenvalue weighted by Gasteiger charge is 2.22. The van der Waals surface area contributed by atoms with E-state index in [0.29, 0.717) is 39.3 Å². The first-order valence-corrected chi connectivity index (χ1v) is 10.5. The number of benzene rings is 1. The topological polar surface area (TPSA) is 84.8 Å². The van der Waals surface area contributed by atoms with Crippen molar-refractivity contribution in [1.29, 1.82) is 0 Å². The molecule has 1 aliphatic heterocycles. The van der Waals surface area contributed by atoms with Crippen LogP contribution in [0.3, 0.4) is 0 Å². The van der Waals surface area contributed by atoms with E-state index in [1.807, 2.05) is 54.3 Å². The zero-order valence-corrected chi connectivity index (χ0v) is 17.9. The quantitative estimate of drug-likeness (QED) is 0.429. The summed E-state index contributed by atoms with van der Waals surface area (Å²) >= 11 is 0. The SMILES string of the molecule is Cc1cccc(C=NNc2nc(OCCc3ccccn3)nc(N3CCOCC3)c2F)c1. The van der Waals surface area contributed by atoms with Crippen LogP contribution in [0.4, 0.5) is 16.0 Å². The molecule has 0 saturated carbocycles. The summed E-state index contributed by atoms with van der Waals surface area (Å²) < 4.78 is 26.3. The van der Waals surface area contributed by atoms with Crippen molar-refractivity contribution >= 4 is 17.9 Å². The van der Waals surface area contributed by atoms with Crippen LogP contribution in [0, 0.1) is 12.7 Å². The number of morpholine rings is 1. The fraction of sp³-hybridized carbons (Fsp3) is 0.304. The average Bonchev–Trinajstić information content (AvgIpc) is 2.82. The Morgan fingerprint density at radius 2 is 2.06 bits per heavy atom. The predicted octanol–water partition coefficient (Wildman–Crippen LogP) is 3.22. The lowest BCUT2D eigenvalue weighted by Gasteiger charge is -2.28. The Kier molecular flexibility index (Phi) is 7.19. The number of hydrogen-bond acceptors (Lipinski definition) is 8. The molecule has 0 amide bonds. The summed E-state index contributed by atoms with van der Waals surface area (Å²) in [4.78, 5) is 14.6. The van der Waals surface area contributed by atoms with E-state index in [0.717, 1.165) is 16.8 Å². The van der Waals surface area contributed by atoms with E-state index in [-0.39, 0.29) is 17.6 Å². The zero-order chi connectivity index (χ0) is 22.2. The number of pyridine rings is 1. The molecule has 8 nitrogen and oxygen atoms in total. The maximum absolute atomic E-state index is 15.2. The molecule has 3 aromatic rings. The Morgan fingerprint density at radius 1 is 1.19 bits per heavy atom. The molecule has 1 fully saturated rings. The minimum absolute atomic E-state index is 0.0433. The van der Waals surface area contributed by atoms with Crippen LogP contribution in [0.25, 0.3) is 0 Å². The summed E-state index contributed by atoms with van der Waals surface area (Å²) in [7, 11) is 0. The van der Waals surface area contributed by atoms with Gasteiger partial charge in [-0.1, -0.05) is 35.9 Å². The van der Waals surface area contributed by atoms with Crippen LogP contribution < -0.4 is 15.1 Å². The highest BCUT2D eigenvalue weighted by Crippen LogP contribution is 2.26. The second-order valence-corrected chi connectivity index (χ2v) is 7.30. The number of halogens is 1. The van der Waals surface area contributed by atoms with Gasteiger partial charge in [0, 0.05) is 31.4 Å². The standard InChI is InChI=1S/C23H25FN6O2/c1-17-5-4-6-18(15-17)16-26-29-21-20(24)22(30-10-13-31-14-11-30)28-23(27-21)32-12-8-19-7-2-3-9-25-19/h2-7,9,15-16H,8,10-14H2,1H3,(H,27,28,29). The number of hydrogen-bond donors (Lipinski definition) is 1. The lowest BCUT2D eigenvalue weighted by molar-refractivity contribution is 0.122. The van der Waals surface area contributed by atoms with Crippen molar-refractivity contribution < 1.29 is 13.9 Å². The van der Waals surface area contributed by atoms with Gasteiger partial charge in [0.2, 0.25) is 5.82 Å². The number of ether oxygens (including phenoxy) is 2. The molecule has 0 atom stereocenters. The summed E-state index contributed by atoms with van der Waals surface area (Å²) in [5.41, 5.74) is 5.60. The monoisotopic (exact) mass is 436 g/mol. The minimum Gasteiger partial charge on any atom is -0.463 e. The van der Waals surface area contributed by atoms with Gasteiger partial charge in [0.15, 0.2) is 11.6 Å². The summed E-state index contributed by atoms with van der Waals surface area (Å²) in [5.74, 6) is -0.451. The number of rotatable bonds is 8. The molecule has 4 rings (SSSR count). The molecule has 2 aromatic heterocycles. The molecule has 0 radical (unpaired) electrons. The second-order valence-electron chi connectivity index (χ2n) is 7.30. The van der Waals surface area contributed by atoms with Gasteiger partial charge >= 0.3 is 6.01 Å². The Hall–Kier alpha value is -3.59. The van der Waals surface area contributed by atoms with Crippen LogP contribution in [0.1, 0.15) is 16.8 Å². The summed E-state index contributed by atoms with van der Waals surface area (Å²) in [5, 5.41) is 4.15. The fourth-order valence-electron chi connectivity index (χ4n) is 3.25. The molecule has 3 heterocycles. The Morgan fingerprint density at radius 3 is 2.84 bits per heavy atom. The van der Waals surface area contributed by atoms with Gasteiger partial charge in [0.1, 0.15) is 0 Å². The summed E-state index contributed by atoms with van der Waals surface area (Å²) in [6, 6.07) is 13.6. The molecule has 1 aliphatic rings. The highest BCUT2D eigenvalue weighted by molar-refractivity contribution is 5.80. The number of nitrogens with zero attached hydrogens (tertiary/aromatic N) is 5. The van der Waals surface area contributed by atoms with Crippen molar-refractivity contribution in [3.63, 3.8) is 0 Å². The van der Waals surface area contributed by atoms with Gasteiger partial charge in [0.25, 0.3) is 0 Å². The molecule has 1 N–H and O–H groups in total. The lowest BCUT2D eigenvalue weighted by Crippen LogP contribution is -2.37. The summed E-state index contributed by atoms with van der Waals surface area (Å²) in [6.07, 6.45) is 3.93. The van der Waals surface area contributed by atoms with Gasteiger partial charge in [-0.25, -0.2) is 0 Å². The third-order valence-corrected chi connectivity index (χ3v) is 4.87. The van der Waals surface area contributed by atoms with Gasteiger partial charge < -0.3 is 14.4 Å². The summed E-state index contributed by atoms with van der Waals surface area (Å²) in [6.45, 7) is 4.40. The molecule has 0 bridgehead atoms. The molecular formula is C23H25FN6O2. The fourth-order valence-corrected chi connectivity index (χ4v) is 3.25. The smallest absolute Gasteiger partial charge is 0.320 e. The molecule has 166 valence electrons. The molecular weight excluding hydrogens is 411 g/mol. The first-order chi connectivity index (χ1) is 15.7. The zero-order valence-electron chi connectivity index (χ0n) is 17.9. The second kappa shape index (κ2) is 10.6. The van der Waals surface area contributed by atoms with Crippen molar-refractivity contribution in [2.45, 2.75) is 13.3 Å². The third kappa shape index (κ3) is 5.76. The number of aryl methyl sites for hydroxylation is 1. The van der Waals surface area contributed by atoms with E-state index in [1.54, 1.807) is 12.4 Å². The van der Waals surface area contributed by atoms with E-state index < -0.39 is 5.82 Å². The number of aromatic nitrogens is 3. The highest BCUT2D eigenvalue weighted by atomic mass is 19.1. The predicted molar refractivity (Wildman–Crippen MR) is 121 cm³/mol. The van der Waals surface area contributed by atoms with Gasteiger partial charge in [-0.2, -0.15) is 19.5 Å². The molecule has 1 saturated heterocycles. The van der Waals surface area contributed by atoms with Crippen LogP contribution in [-0.4, -0.2) is 54.1 Å². The average molecular weight is 436 g/mol. The van der Waals surface area contributed by atoms with Crippen molar-refractivity contribution in [2.75, 3.05) is 43.2 Å². The first-order valence-electron chi connectivity index (χ1n) is 10.5. The lowest BCUT2D eigenvalue weighted by atomic mass is 10.2. The normalized spacial score (nSPS) is 14.0. The first kappa shape index (κ1) is 21.6. The minimum atomic E-state index is -0.578. The van der Waals surface area contributed by atoms with E-state index in [9.17, 15) is 0 Å². The molecule has 32 heavy (non-hydrogen) atoms. The number of nitrogens with one attached hydrogen (secondary N) is 1. The molecule has 1 aromatic carbocycles. The van der Waals surface area contributed by atoms with Crippen molar-refractivity contribution in [3.8, 4) is 6.01 Å². The largest absolute Gasteiger partial charge is 0.463 e. The number of hydrazone groups is 1. The van der Waals surface area contributed by atoms with Crippen molar-refractivity contribution in [1.82, 2.24) is 15.0 Å². The van der Waals surface area contributed by atoms with Crippen molar-refractivity contribution in [3.05, 3.63) is 71.3 Å². The molecule has 9 heteroatoms. The van der Waals surface area contributed by atoms with E-state index in [1.165, 1.54) is 0 Å². The molecule has 0 aliphatic carbocycles. The van der Waals surface area contributed by atoms with Crippen LogP contribution in [0.15, 0.2) is 53.8 Å².